The molecule has 1 aromatic heterocycles. The standard InChI is InChI=1S/C10H20N4O2S/c1-3-8(4-2)6-13-17(15,16)10-9(5-11)7-12-14-10/h7-8,13H,3-6,11H2,1-2H3,(H,12,14). The Labute approximate surface area is 102 Å². The molecule has 0 saturated carbocycles. The van der Waals surface area contributed by atoms with Gasteiger partial charge < -0.3 is 5.73 Å². The van der Waals surface area contributed by atoms with Crippen molar-refractivity contribution in [3.63, 3.8) is 0 Å². The third-order valence-electron chi connectivity index (χ3n) is 2.88. The van der Waals surface area contributed by atoms with Gasteiger partial charge in [0.1, 0.15) is 0 Å². The van der Waals surface area contributed by atoms with Gasteiger partial charge in [-0.1, -0.05) is 26.7 Å². The summed E-state index contributed by atoms with van der Waals surface area (Å²) >= 11 is 0. The molecule has 0 saturated heterocycles. The molecule has 0 aliphatic carbocycles. The van der Waals surface area contributed by atoms with E-state index in [1.807, 2.05) is 13.8 Å². The van der Waals surface area contributed by atoms with Crippen LogP contribution < -0.4 is 10.5 Å². The summed E-state index contributed by atoms with van der Waals surface area (Å²) in [5.41, 5.74) is 5.95. The van der Waals surface area contributed by atoms with Crippen LogP contribution >= 0.6 is 0 Å². The number of rotatable bonds is 7. The number of sulfonamides is 1. The summed E-state index contributed by atoms with van der Waals surface area (Å²) in [5.74, 6) is 0.356. The van der Waals surface area contributed by atoms with E-state index in [1.54, 1.807) is 0 Å². The lowest BCUT2D eigenvalue weighted by atomic mass is 10.0. The lowest BCUT2D eigenvalue weighted by Crippen LogP contribution is -2.30. The molecule has 4 N–H and O–H groups in total. The maximum atomic E-state index is 12.0. The van der Waals surface area contributed by atoms with E-state index in [2.05, 4.69) is 14.9 Å². The molecule has 0 aromatic carbocycles. The normalized spacial score (nSPS) is 12.2. The number of hydrogen-bond acceptors (Lipinski definition) is 4. The molecule has 0 spiro atoms. The lowest BCUT2D eigenvalue weighted by molar-refractivity contribution is 0.478. The van der Waals surface area contributed by atoms with Crippen LogP contribution in [0.3, 0.4) is 0 Å². The molecule has 7 heteroatoms. The summed E-state index contributed by atoms with van der Waals surface area (Å²) in [4.78, 5) is 0. The van der Waals surface area contributed by atoms with Gasteiger partial charge in [0.2, 0.25) is 0 Å². The Bertz CT molecular complexity index is 437. The Kier molecular flexibility index (Phi) is 5.10. The first-order chi connectivity index (χ1) is 8.05. The zero-order chi connectivity index (χ0) is 12.9. The van der Waals surface area contributed by atoms with E-state index in [1.165, 1.54) is 6.20 Å². The van der Waals surface area contributed by atoms with Crippen molar-refractivity contribution in [3.8, 4) is 0 Å². The average Bonchev–Trinajstić information content (AvgIpc) is 2.79. The first-order valence-electron chi connectivity index (χ1n) is 5.77. The second-order valence-corrected chi connectivity index (χ2v) is 5.67. The minimum absolute atomic E-state index is 0.0750. The van der Waals surface area contributed by atoms with E-state index in [9.17, 15) is 8.42 Å². The molecule has 17 heavy (non-hydrogen) atoms. The highest BCUT2D eigenvalue weighted by Gasteiger charge is 2.20. The number of nitrogens with two attached hydrogens (primary N) is 1. The monoisotopic (exact) mass is 260 g/mol. The molecule has 0 bridgehead atoms. The van der Waals surface area contributed by atoms with Crippen molar-refractivity contribution in [3.05, 3.63) is 11.8 Å². The molecular formula is C10H20N4O2S. The first-order valence-corrected chi connectivity index (χ1v) is 7.25. The predicted octanol–water partition coefficient (Wildman–Crippen LogP) is 0.583. The number of nitrogens with one attached hydrogen (secondary N) is 2. The van der Waals surface area contributed by atoms with Crippen molar-refractivity contribution in [2.24, 2.45) is 11.7 Å². The molecule has 6 nitrogen and oxygen atoms in total. The van der Waals surface area contributed by atoms with E-state index in [4.69, 9.17) is 5.73 Å². The van der Waals surface area contributed by atoms with Gasteiger partial charge in [-0.25, -0.2) is 13.1 Å². The summed E-state index contributed by atoms with van der Waals surface area (Å²) in [6.45, 7) is 4.68. The van der Waals surface area contributed by atoms with Crippen LogP contribution in [0.1, 0.15) is 32.3 Å². The Morgan fingerprint density at radius 1 is 1.47 bits per heavy atom. The van der Waals surface area contributed by atoms with Crippen LogP contribution in [0.15, 0.2) is 11.2 Å². The Morgan fingerprint density at radius 2 is 2.12 bits per heavy atom. The van der Waals surface area contributed by atoms with Gasteiger partial charge in [-0.15, -0.1) is 0 Å². The Hall–Kier alpha value is -0.920. The van der Waals surface area contributed by atoms with Gasteiger partial charge in [0.15, 0.2) is 5.03 Å². The maximum absolute atomic E-state index is 12.0. The molecule has 98 valence electrons. The van der Waals surface area contributed by atoms with Crippen LogP contribution in [-0.2, 0) is 16.6 Å². The van der Waals surface area contributed by atoms with E-state index < -0.39 is 10.0 Å². The van der Waals surface area contributed by atoms with Crippen molar-refractivity contribution in [2.45, 2.75) is 38.3 Å². The highest BCUT2D eigenvalue weighted by atomic mass is 32.2. The van der Waals surface area contributed by atoms with Gasteiger partial charge in [-0.3, -0.25) is 5.10 Å². The number of nitrogens with zero attached hydrogens (tertiary/aromatic N) is 1. The number of hydrogen-bond donors (Lipinski definition) is 3. The van der Waals surface area contributed by atoms with Gasteiger partial charge in [0.05, 0.1) is 6.20 Å². The van der Waals surface area contributed by atoms with Crippen LogP contribution in [0, 0.1) is 5.92 Å². The number of aromatic nitrogens is 2. The largest absolute Gasteiger partial charge is 0.326 e. The van der Waals surface area contributed by atoms with Crippen molar-refractivity contribution in [2.75, 3.05) is 6.54 Å². The molecular weight excluding hydrogens is 240 g/mol. The third kappa shape index (κ3) is 3.52. The molecule has 0 radical (unpaired) electrons. The predicted molar refractivity (Wildman–Crippen MR) is 65.7 cm³/mol. The number of H-pyrrole nitrogens is 1. The lowest BCUT2D eigenvalue weighted by Gasteiger charge is -2.13. The molecule has 0 atom stereocenters. The topological polar surface area (TPSA) is 101 Å². The number of aromatic amines is 1. The van der Waals surface area contributed by atoms with Gasteiger partial charge >= 0.3 is 0 Å². The van der Waals surface area contributed by atoms with E-state index in [0.717, 1.165) is 12.8 Å². The first kappa shape index (κ1) is 14.1. The van der Waals surface area contributed by atoms with Crippen LogP contribution in [0.25, 0.3) is 0 Å². The van der Waals surface area contributed by atoms with Crippen molar-refractivity contribution >= 4 is 10.0 Å². The summed E-state index contributed by atoms with van der Waals surface area (Å²) in [6, 6.07) is 0. The summed E-state index contributed by atoms with van der Waals surface area (Å²) in [6.07, 6.45) is 3.34. The van der Waals surface area contributed by atoms with Crippen molar-refractivity contribution in [1.29, 1.82) is 0 Å². The van der Waals surface area contributed by atoms with E-state index in [-0.39, 0.29) is 11.6 Å². The molecule has 0 unspecified atom stereocenters. The zero-order valence-electron chi connectivity index (χ0n) is 10.2. The second kappa shape index (κ2) is 6.13. The molecule has 0 amide bonds. The fraction of sp³-hybridized carbons (Fsp3) is 0.700. The minimum Gasteiger partial charge on any atom is -0.326 e. The fourth-order valence-electron chi connectivity index (χ4n) is 1.55. The molecule has 1 aromatic rings. The van der Waals surface area contributed by atoms with Gasteiger partial charge in [0, 0.05) is 18.7 Å². The summed E-state index contributed by atoms with van der Waals surface area (Å²) < 4.78 is 26.5. The SMILES string of the molecule is CCC(CC)CNS(=O)(=O)c1[nH]ncc1CN. The Balaban J connectivity index is 2.76. The van der Waals surface area contributed by atoms with Crippen molar-refractivity contribution in [1.82, 2.24) is 14.9 Å². The van der Waals surface area contributed by atoms with E-state index in [0.29, 0.717) is 18.0 Å². The van der Waals surface area contributed by atoms with Crippen LogP contribution in [0.2, 0.25) is 0 Å². The van der Waals surface area contributed by atoms with Crippen molar-refractivity contribution < 1.29 is 8.42 Å². The molecule has 1 heterocycles. The molecule has 0 fully saturated rings. The van der Waals surface area contributed by atoms with E-state index >= 15 is 0 Å². The molecule has 0 aliphatic heterocycles. The Morgan fingerprint density at radius 3 is 2.65 bits per heavy atom. The highest BCUT2D eigenvalue weighted by Crippen LogP contribution is 2.12. The molecule has 1 rings (SSSR count). The summed E-state index contributed by atoms with van der Waals surface area (Å²) in [5, 5.41) is 6.25. The fourth-order valence-corrected chi connectivity index (χ4v) is 2.81. The van der Waals surface area contributed by atoms with Crippen LogP contribution in [-0.4, -0.2) is 25.2 Å². The van der Waals surface area contributed by atoms with Gasteiger partial charge in [0.25, 0.3) is 10.0 Å². The van der Waals surface area contributed by atoms with Crippen LogP contribution in [0.4, 0.5) is 0 Å². The summed E-state index contributed by atoms with van der Waals surface area (Å²) in [7, 11) is -3.52. The quantitative estimate of drug-likeness (QED) is 0.667. The zero-order valence-corrected chi connectivity index (χ0v) is 11.0. The molecule has 0 aliphatic rings. The van der Waals surface area contributed by atoms with Gasteiger partial charge in [-0.05, 0) is 5.92 Å². The second-order valence-electron chi connectivity index (χ2n) is 3.96. The average molecular weight is 260 g/mol. The smallest absolute Gasteiger partial charge is 0.257 e. The van der Waals surface area contributed by atoms with Gasteiger partial charge in [-0.2, -0.15) is 5.10 Å². The van der Waals surface area contributed by atoms with Crippen LogP contribution in [0.5, 0.6) is 0 Å². The maximum Gasteiger partial charge on any atom is 0.257 e. The highest BCUT2D eigenvalue weighted by molar-refractivity contribution is 7.89. The minimum atomic E-state index is -3.52. The third-order valence-corrected chi connectivity index (χ3v) is 4.32.